The van der Waals surface area contributed by atoms with Crippen molar-refractivity contribution in [2.45, 2.75) is 44.6 Å². The van der Waals surface area contributed by atoms with Crippen molar-refractivity contribution in [3.63, 3.8) is 0 Å². The van der Waals surface area contributed by atoms with E-state index in [1.165, 1.54) is 16.4 Å². The minimum absolute atomic E-state index is 0.0320. The Morgan fingerprint density at radius 2 is 1.74 bits per heavy atom. The van der Waals surface area contributed by atoms with Gasteiger partial charge in [-0.1, -0.05) is 26.7 Å². The molecule has 0 spiro atoms. The summed E-state index contributed by atoms with van der Waals surface area (Å²) in [5.74, 6) is 0.0320. The summed E-state index contributed by atoms with van der Waals surface area (Å²) in [6.45, 7) is 5.00. The molecule has 0 aliphatic heterocycles. The lowest BCUT2D eigenvalue weighted by Gasteiger charge is -2.20. The van der Waals surface area contributed by atoms with Crippen molar-refractivity contribution in [1.29, 1.82) is 0 Å². The van der Waals surface area contributed by atoms with Crippen LogP contribution in [0.25, 0.3) is 0 Å². The SMILES string of the molecule is CCCCN(CCCC)S(=O)(=O)c1ccc(C=O)o1. The van der Waals surface area contributed by atoms with Crippen LogP contribution in [0.2, 0.25) is 0 Å². The van der Waals surface area contributed by atoms with E-state index in [0.717, 1.165) is 25.7 Å². The van der Waals surface area contributed by atoms with Crippen LogP contribution in [0.3, 0.4) is 0 Å². The highest BCUT2D eigenvalue weighted by molar-refractivity contribution is 7.89. The molecule has 0 bridgehead atoms. The fourth-order valence-electron chi connectivity index (χ4n) is 1.68. The van der Waals surface area contributed by atoms with Gasteiger partial charge in [-0.25, -0.2) is 8.42 Å². The van der Waals surface area contributed by atoms with E-state index >= 15 is 0 Å². The molecule has 108 valence electrons. The lowest BCUT2D eigenvalue weighted by molar-refractivity contribution is 0.109. The molecule has 1 rings (SSSR count). The third-order valence-electron chi connectivity index (χ3n) is 2.83. The van der Waals surface area contributed by atoms with Crippen molar-refractivity contribution >= 4 is 16.3 Å². The summed E-state index contributed by atoms with van der Waals surface area (Å²) in [7, 11) is -3.63. The number of rotatable bonds is 9. The molecule has 1 heterocycles. The molecule has 0 atom stereocenters. The van der Waals surface area contributed by atoms with E-state index < -0.39 is 10.0 Å². The van der Waals surface area contributed by atoms with Crippen molar-refractivity contribution in [3.8, 4) is 0 Å². The molecule has 1 aromatic heterocycles. The summed E-state index contributed by atoms with van der Waals surface area (Å²) < 4.78 is 31.3. The van der Waals surface area contributed by atoms with E-state index in [2.05, 4.69) is 0 Å². The molecule has 0 N–H and O–H groups in total. The number of furan rings is 1. The monoisotopic (exact) mass is 287 g/mol. The zero-order valence-electron chi connectivity index (χ0n) is 11.5. The molecule has 0 aliphatic rings. The van der Waals surface area contributed by atoms with E-state index in [-0.39, 0.29) is 10.9 Å². The topological polar surface area (TPSA) is 67.6 Å². The van der Waals surface area contributed by atoms with E-state index in [0.29, 0.717) is 19.4 Å². The Morgan fingerprint density at radius 1 is 1.16 bits per heavy atom. The number of carbonyl (C=O) groups is 1. The molecule has 19 heavy (non-hydrogen) atoms. The third kappa shape index (κ3) is 4.18. The van der Waals surface area contributed by atoms with Gasteiger partial charge in [0.25, 0.3) is 10.0 Å². The predicted molar refractivity (Wildman–Crippen MR) is 72.7 cm³/mol. The molecule has 0 unspecified atom stereocenters. The first-order chi connectivity index (χ1) is 9.06. The van der Waals surface area contributed by atoms with Crippen LogP contribution in [-0.2, 0) is 10.0 Å². The zero-order valence-corrected chi connectivity index (χ0v) is 12.3. The van der Waals surface area contributed by atoms with Gasteiger partial charge < -0.3 is 4.42 Å². The van der Waals surface area contributed by atoms with Crippen LogP contribution in [0.5, 0.6) is 0 Å². The molecule has 0 aromatic carbocycles. The number of unbranched alkanes of at least 4 members (excludes halogenated alkanes) is 2. The summed E-state index contributed by atoms with van der Waals surface area (Å²) in [5.41, 5.74) is 0. The van der Waals surface area contributed by atoms with Crippen LogP contribution < -0.4 is 0 Å². The molecule has 0 aliphatic carbocycles. The Morgan fingerprint density at radius 3 is 2.16 bits per heavy atom. The fourth-order valence-corrected chi connectivity index (χ4v) is 3.12. The van der Waals surface area contributed by atoms with Crippen LogP contribution in [-0.4, -0.2) is 32.1 Å². The highest BCUT2D eigenvalue weighted by atomic mass is 32.2. The van der Waals surface area contributed by atoms with Crippen LogP contribution >= 0.6 is 0 Å². The van der Waals surface area contributed by atoms with Crippen molar-refractivity contribution in [1.82, 2.24) is 4.31 Å². The molecule has 0 saturated carbocycles. The fraction of sp³-hybridized carbons (Fsp3) is 0.615. The zero-order chi connectivity index (χ0) is 14.3. The minimum atomic E-state index is -3.63. The van der Waals surface area contributed by atoms with Crippen molar-refractivity contribution in [2.75, 3.05) is 13.1 Å². The van der Waals surface area contributed by atoms with Gasteiger partial charge in [0, 0.05) is 13.1 Å². The first-order valence-corrected chi connectivity index (χ1v) is 8.05. The van der Waals surface area contributed by atoms with Crippen LogP contribution in [0.15, 0.2) is 21.6 Å². The summed E-state index contributed by atoms with van der Waals surface area (Å²) in [4.78, 5) is 10.6. The van der Waals surface area contributed by atoms with Crippen molar-refractivity contribution in [3.05, 3.63) is 17.9 Å². The molecule has 6 heteroatoms. The van der Waals surface area contributed by atoms with Gasteiger partial charge in [-0.15, -0.1) is 0 Å². The largest absolute Gasteiger partial charge is 0.440 e. The Labute approximate surface area is 114 Å². The molecular weight excluding hydrogens is 266 g/mol. The van der Waals surface area contributed by atoms with Crippen LogP contribution in [0, 0.1) is 0 Å². The smallest absolute Gasteiger partial charge is 0.276 e. The molecule has 0 fully saturated rings. The van der Waals surface area contributed by atoms with Crippen LogP contribution in [0.4, 0.5) is 0 Å². The maximum absolute atomic E-state index is 12.4. The maximum Gasteiger partial charge on any atom is 0.276 e. The van der Waals surface area contributed by atoms with Gasteiger partial charge in [0.1, 0.15) is 0 Å². The second-order valence-corrected chi connectivity index (χ2v) is 6.25. The second kappa shape index (κ2) is 7.45. The van der Waals surface area contributed by atoms with Gasteiger partial charge in [-0.3, -0.25) is 4.79 Å². The molecule has 0 amide bonds. The lowest BCUT2D eigenvalue weighted by atomic mass is 10.3. The second-order valence-electron chi connectivity index (χ2n) is 4.39. The van der Waals surface area contributed by atoms with Gasteiger partial charge in [0.05, 0.1) is 0 Å². The standard InChI is InChI=1S/C13H21NO4S/c1-3-5-9-14(10-6-4-2)19(16,17)13-8-7-12(11-15)18-13/h7-8,11H,3-6,9-10H2,1-2H3. The summed E-state index contributed by atoms with van der Waals surface area (Å²) >= 11 is 0. The molecule has 1 aromatic rings. The van der Waals surface area contributed by atoms with E-state index in [9.17, 15) is 13.2 Å². The van der Waals surface area contributed by atoms with Gasteiger partial charge in [-0.2, -0.15) is 4.31 Å². The third-order valence-corrected chi connectivity index (χ3v) is 4.61. The van der Waals surface area contributed by atoms with E-state index in [1.807, 2.05) is 13.8 Å². The number of hydrogen-bond acceptors (Lipinski definition) is 4. The molecular formula is C13H21NO4S. The Kier molecular flexibility index (Phi) is 6.24. The lowest BCUT2D eigenvalue weighted by Crippen LogP contribution is -2.32. The van der Waals surface area contributed by atoms with Crippen molar-refractivity contribution in [2.24, 2.45) is 0 Å². The minimum Gasteiger partial charge on any atom is -0.440 e. The van der Waals surface area contributed by atoms with Gasteiger partial charge in [0.15, 0.2) is 12.0 Å². The van der Waals surface area contributed by atoms with E-state index in [1.54, 1.807) is 0 Å². The number of nitrogens with zero attached hydrogens (tertiary/aromatic N) is 1. The van der Waals surface area contributed by atoms with E-state index in [4.69, 9.17) is 4.42 Å². The highest BCUT2D eigenvalue weighted by Crippen LogP contribution is 2.19. The Hall–Kier alpha value is -1.14. The normalized spacial score (nSPS) is 11.9. The number of carbonyl (C=O) groups excluding carboxylic acids is 1. The first kappa shape index (κ1) is 15.9. The average Bonchev–Trinajstić information content (AvgIpc) is 2.88. The maximum atomic E-state index is 12.4. The average molecular weight is 287 g/mol. The summed E-state index contributed by atoms with van der Waals surface area (Å²) in [6, 6.07) is 2.71. The van der Waals surface area contributed by atoms with Crippen LogP contribution in [0.1, 0.15) is 50.1 Å². The van der Waals surface area contributed by atoms with Gasteiger partial charge in [-0.05, 0) is 25.0 Å². The quantitative estimate of drug-likeness (QED) is 0.655. The first-order valence-electron chi connectivity index (χ1n) is 6.61. The number of sulfonamides is 1. The number of hydrogen-bond donors (Lipinski definition) is 0. The molecule has 5 nitrogen and oxygen atoms in total. The Balaban J connectivity index is 2.93. The summed E-state index contributed by atoms with van der Waals surface area (Å²) in [5, 5.41) is -0.151. The Bertz CT molecular complexity index is 484. The number of aldehydes is 1. The predicted octanol–water partition coefficient (Wildman–Crippen LogP) is 2.68. The summed E-state index contributed by atoms with van der Waals surface area (Å²) in [6.07, 6.45) is 3.97. The molecule has 0 radical (unpaired) electrons. The molecule has 0 saturated heterocycles. The highest BCUT2D eigenvalue weighted by Gasteiger charge is 2.26. The van der Waals surface area contributed by atoms with Gasteiger partial charge >= 0.3 is 0 Å². The van der Waals surface area contributed by atoms with Crippen molar-refractivity contribution < 1.29 is 17.6 Å². The van der Waals surface area contributed by atoms with Gasteiger partial charge in [0.2, 0.25) is 5.09 Å².